The Balaban J connectivity index is 0.00000240. The molecule has 1 unspecified atom stereocenters. The van der Waals surface area contributed by atoms with Crippen LogP contribution in [0.5, 0.6) is 11.5 Å². The fourth-order valence-corrected chi connectivity index (χ4v) is 3.32. The molecule has 0 aliphatic carbocycles. The van der Waals surface area contributed by atoms with E-state index in [2.05, 4.69) is 10.6 Å². The van der Waals surface area contributed by atoms with Crippen molar-refractivity contribution in [2.75, 3.05) is 26.5 Å². The molecule has 158 valence electrons. The first-order chi connectivity index (χ1) is 13.9. The van der Waals surface area contributed by atoms with Crippen LogP contribution in [0.15, 0.2) is 46.0 Å². The zero-order valence-corrected chi connectivity index (χ0v) is 18.7. The van der Waals surface area contributed by atoms with Crippen LogP contribution in [0.2, 0.25) is 0 Å². The Morgan fingerprint density at radius 1 is 1.10 bits per heavy atom. The average molecular weight is 513 g/mol. The number of furan rings is 1. The van der Waals surface area contributed by atoms with Gasteiger partial charge in [0, 0.05) is 26.1 Å². The van der Waals surface area contributed by atoms with Gasteiger partial charge < -0.3 is 29.3 Å². The van der Waals surface area contributed by atoms with Crippen LogP contribution in [0.4, 0.5) is 0 Å². The van der Waals surface area contributed by atoms with Crippen molar-refractivity contribution in [2.45, 2.75) is 38.3 Å². The highest BCUT2D eigenvalue weighted by Gasteiger charge is 2.15. The summed E-state index contributed by atoms with van der Waals surface area (Å²) in [6, 6.07) is 9.82. The van der Waals surface area contributed by atoms with Gasteiger partial charge in [-0.3, -0.25) is 0 Å². The lowest BCUT2D eigenvalue weighted by atomic mass is 10.1. The molecule has 7 nitrogen and oxygen atoms in total. The van der Waals surface area contributed by atoms with Gasteiger partial charge in [0.05, 0.1) is 18.9 Å². The number of ether oxygens (including phenoxy) is 3. The van der Waals surface area contributed by atoms with Gasteiger partial charge in [-0.1, -0.05) is 6.07 Å². The van der Waals surface area contributed by atoms with Crippen molar-refractivity contribution < 1.29 is 18.6 Å². The van der Waals surface area contributed by atoms with E-state index in [1.165, 1.54) is 6.42 Å². The van der Waals surface area contributed by atoms with Crippen molar-refractivity contribution in [3.8, 4) is 11.5 Å². The van der Waals surface area contributed by atoms with Gasteiger partial charge in [0.25, 0.3) is 0 Å². The molecule has 8 heteroatoms. The lowest BCUT2D eigenvalue weighted by Gasteiger charge is -2.23. The second-order valence-electron chi connectivity index (χ2n) is 6.98. The number of guanidine groups is 1. The first-order valence-electron chi connectivity index (χ1n) is 9.91. The smallest absolute Gasteiger partial charge is 0.231 e. The number of nitrogens with one attached hydrogen (secondary N) is 2. The molecule has 0 radical (unpaired) electrons. The number of hydrogen-bond donors (Lipinski definition) is 2. The minimum Gasteiger partial charge on any atom is -0.469 e. The van der Waals surface area contributed by atoms with Crippen molar-refractivity contribution in [3.05, 3.63) is 47.9 Å². The van der Waals surface area contributed by atoms with Gasteiger partial charge in [-0.05, 0) is 49.1 Å². The van der Waals surface area contributed by atoms with Gasteiger partial charge in [-0.2, -0.15) is 0 Å². The molecule has 2 aliphatic rings. The van der Waals surface area contributed by atoms with Crippen molar-refractivity contribution in [3.63, 3.8) is 0 Å². The largest absolute Gasteiger partial charge is 0.469 e. The van der Waals surface area contributed by atoms with E-state index in [0.717, 1.165) is 67.7 Å². The van der Waals surface area contributed by atoms with E-state index < -0.39 is 0 Å². The highest BCUT2D eigenvalue weighted by Crippen LogP contribution is 2.32. The predicted molar refractivity (Wildman–Crippen MR) is 121 cm³/mol. The summed E-state index contributed by atoms with van der Waals surface area (Å²) in [6.07, 6.45) is 6.22. The molecule has 3 heterocycles. The molecule has 1 atom stereocenters. The van der Waals surface area contributed by atoms with E-state index in [1.54, 1.807) is 6.26 Å². The van der Waals surface area contributed by atoms with Gasteiger partial charge in [0.1, 0.15) is 5.76 Å². The number of aliphatic imine (C=N–C) groups is 1. The molecule has 0 bridgehead atoms. The van der Waals surface area contributed by atoms with Crippen LogP contribution in [-0.4, -0.2) is 38.6 Å². The van der Waals surface area contributed by atoms with Gasteiger partial charge in [0.2, 0.25) is 6.79 Å². The topological polar surface area (TPSA) is 77.3 Å². The van der Waals surface area contributed by atoms with Crippen molar-refractivity contribution in [1.29, 1.82) is 0 Å². The number of nitrogens with zero attached hydrogens (tertiary/aromatic N) is 1. The normalized spacial score (nSPS) is 18.2. The van der Waals surface area contributed by atoms with Crippen LogP contribution in [0.1, 0.15) is 30.6 Å². The molecular formula is C21H28IN3O4. The highest BCUT2D eigenvalue weighted by atomic mass is 127. The summed E-state index contributed by atoms with van der Waals surface area (Å²) in [4.78, 5) is 4.73. The molecule has 29 heavy (non-hydrogen) atoms. The van der Waals surface area contributed by atoms with E-state index in [4.69, 9.17) is 23.6 Å². The summed E-state index contributed by atoms with van der Waals surface area (Å²) in [5.41, 5.74) is 1.07. The average Bonchev–Trinajstić information content (AvgIpc) is 3.41. The third-order valence-electron chi connectivity index (χ3n) is 4.87. The van der Waals surface area contributed by atoms with E-state index in [-0.39, 0.29) is 36.9 Å². The van der Waals surface area contributed by atoms with E-state index >= 15 is 0 Å². The fourth-order valence-electron chi connectivity index (χ4n) is 3.32. The first-order valence-corrected chi connectivity index (χ1v) is 9.91. The van der Waals surface area contributed by atoms with Gasteiger partial charge >= 0.3 is 0 Å². The summed E-state index contributed by atoms with van der Waals surface area (Å²) in [5, 5.41) is 6.81. The Hall–Kier alpha value is -1.94. The van der Waals surface area contributed by atoms with Crippen molar-refractivity contribution in [2.24, 2.45) is 4.99 Å². The van der Waals surface area contributed by atoms with Crippen LogP contribution in [0.25, 0.3) is 0 Å². The third-order valence-corrected chi connectivity index (χ3v) is 4.87. The highest BCUT2D eigenvalue weighted by molar-refractivity contribution is 14.0. The van der Waals surface area contributed by atoms with E-state index in [1.807, 2.05) is 30.3 Å². The molecule has 1 fully saturated rings. The Morgan fingerprint density at radius 3 is 2.86 bits per heavy atom. The molecule has 0 spiro atoms. The summed E-state index contributed by atoms with van der Waals surface area (Å²) >= 11 is 0. The van der Waals surface area contributed by atoms with Crippen LogP contribution in [-0.2, 0) is 17.7 Å². The molecule has 1 aromatic carbocycles. The minimum atomic E-state index is 0. The Bertz CT molecular complexity index is 776. The Labute approximate surface area is 188 Å². The van der Waals surface area contributed by atoms with Gasteiger partial charge in [0.15, 0.2) is 17.5 Å². The molecule has 0 amide bonds. The molecule has 1 saturated heterocycles. The van der Waals surface area contributed by atoms with E-state index in [9.17, 15) is 0 Å². The van der Waals surface area contributed by atoms with Gasteiger partial charge in [-0.15, -0.1) is 24.0 Å². The minimum absolute atomic E-state index is 0. The number of fused-ring (bicyclic) bond motifs is 1. The number of benzene rings is 1. The van der Waals surface area contributed by atoms with Gasteiger partial charge in [-0.25, -0.2) is 4.99 Å². The summed E-state index contributed by atoms with van der Waals surface area (Å²) in [6.45, 7) is 3.19. The van der Waals surface area contributed by atoms with Crippen molar-refractivity contribution >= 4 is 29.9 Å². The molecule has 2 aromatic rings. The quantitative estimate of drug-likeness (QED) is 0.336. The zero-order chi connectivity index (χ0) is 19.0. The van der Waals surface area contributed by atoms with Crippen LogP contribution in [0.3, 0.4) is 0 Å². The number of rotatable bonds is 7. The lowest BCUT2D eigenvalue weighted by Crippen LogP contribution is -2.43. The molecule has 2 N–H and O–H groups in total. The maximum absolute atomic E-state index is 5.81. The number of hydrogen-bond acceptors (Lipinski definition) is 5. The van der Waals surface area contributed by atoms with Crippen LogP contribution in [0, 0.1) is 0 Å². The zero-order valence-electron chi connectivity index (χ0n) is 16.4. The molecular weight excluding hydrogens is 485 g/mol. The fraction of sp³-hybridized carbons (Fsp3) is 0.476. The molecule has 2 aliphatic heterocycles. The SMILES string of the molecule is I.c1coc(CCNC(=NCc2ccc3c(c2)OCO3)NCC2CCCCO2)c1. The van der Waals surface area contributed by atoms with Crippen molar-refractivity contribution in [1.82, 2.24) is 10.6 Å². The molecule has 4 rings (SSSR count). The molecule has 0 saturated carbocycles. The predicted octanol–water partition coefficient (Wildman–Crippen LogP) is 3.47. The maximum Gasteiger partial charge on any atom is 0.231 e. The summed E-state index contributed by atoms with van der Waals surface area (Å²) in [7, 11) is 0. The maximum atomic E-state index is 5.81. The first kappa shape index (κ1) is 21.8. The summed E-state index contributed by atoms with van der Waals surface area (Å²) in [5.74, 6) is 3.30. The second-order valence-corrected chi connectivity index (χ2v) is 6.98. The van der Waals surface area contributed by atoms with Crippen LogP contribution < -0.4 is 20.1 Å². The summed E-state index contributed by atoms with van der Waals surface area (Å²) < 4.78 is 22.0. The second kappa shape index (κ2) is 11.3. The Morgan fingerprint density at radius 2 is 2.03 bits per heavy atom. The molecule has 1 aromatic heterocycles. The van der Waals surface area contributed by atoms with E-state index in [0.29, 0.717) is 6.54 Å². The lowest BCUT2D eigenvalue weighted by molar-refractivity contribution is 0.0194. The van der Waals surface area contributed by atoms with Crippen LogP contribution >= 0.6 is 24.0 Å². The number of halogens is 1. The monoisotopic (exact) mass is 513 g/mol. The standard InChI is InChI=1S/C21H27N3O4.HI/c1-2-10-26-18(4-1)14-24-21(22-9-8-17-5-3-11-25-17)23-13-16-6-7-19-20(12-16)28-15-27-19;/h3,5-7,11-12,18H,1-2,4,8-10,13-15H2,(H2,22,23,24);1H. The Kier molecular flexibility index (Phi) is 8.48. The third kappa shape index (κ3) is 6.53.